The smallest absolute Gasteiger partial charge is 0.260 e. The van der Waals surface area contributed by atoms with E-state index in [1.165, 1.54) is 0 Å². The van der Waals surface area contributed by atoms with Crippen molar-refractivity contribution in [1.29, 1.82) is 0 Å². The van der Waals surface area contributed by atoms with Crippen molar-refractivity contribution in [2.24, 2.45) is 0 Å². The molecule has 1 atom stereocenters. The summed E-state index contributed by atoms with van der Waals surface area (Å²) in [6.45, 7) is 1.24. The highest BCUT2D eigenvalue weighted by atomic mass is 35.5. The normalized spacial score (nSPS) is 16.8. The van der Waals surface area contributed by atoms with Gasteiger partial charge in [0.25, 0.3) is 5.91 Å². The van der Waals surface area contributed by atoms with Gasteiger partial charge in [-0.15, -0.1) is 0 Å². The first-order valence-electron chi connectivity index (χ1n) is 12.7. The third-order valence-corrected chi connectivity index (χ3v) is 6.73. The van der Waals surface area contributed by atoms with Gasteiger partial charge in [-0.05, 0) is 42.0 Å². The van der Waals surface area contributed by atoms with Crippen molar-refractivity contribution in [2.45, 2.75) is 18.6 Å². The van der Waals surface area contributed by atoms with Gasteiger partial charge in [-0.25, -0.2) is 0 Å². The lowest BCUT2D eigenvalue weighted by molar-refractivity contribution is -0.166. The lowest BCUT2D eigenvalue weighted by atomic mass is 9.96. The largest absolute Gasteiger partial charge is 0.497 e. The molecule has 1 heterocycles. The van der Waals surface area contributed by atoms with E-state index in [-0.39, 0.29) is 44.6 Å². The monoisotopic (exact) mass is 552 g/mol. The Hall–Kier alpha value is -3.75. The third kappa shape index (κ3) is 8.12. The van der Waals surface area contributed by atoms with Crippen LogP contribution in [0.3, 0.4) is 0 Å². The summed E-state index contributed by atoms with van der Waals surface area (Å²) in [5, 5.41) is 0.594. The van der Waals surface area contributed by atoms with Crippen LogP contribution in [0.1, 0.15) is 12.0 Å². The molecule has 4 rings (SSSR count). The van der Waals surface area contributed by atoms with Gasteiger partial charge in [-0.2, -0.15) is 0 Å². The lowest BCUT2D eigenvalue weighted by Gasteiger charge is -2.42. The van der Waals surface area contributed by atoms with Gasteiger partial charge in [-0.3, -0.25) is 9.59 Å². The maximum absolute atomic E-state index is 13.4. The minimum absolute atomic E-state index is 0.0461. The van der Waals surface area contributed by atoms with Crippen molar-refractivity contribution < 1.29 is 28.5 Å². The molecule has 0 N–H and O–H groups in total. The topological polar surface area (TPSA) is 77.5 Å². The van der Waals surface area contributed by atoms with E-state index in [0.717, 1.165) is 5.56 Å². The second-order valence-electron chi connectivity index (χ2n) is 9.47. The Morgan fingerprint density at radius 2 is 1.72 bits per heavy atom. The fourth-order valence-electron chi connectivity index (χ4n) is 4.33. The number of amides is 2. The van der Waals surface area contributed by atoms with Crippen LogP contribution in [0.4, 0.5) is 0 Å². The van der Waals surface area contributed by atoms with Crippen LogP contribution in [-0.2, 0) is 20.9 Å². The minimum Gasteiger partial charge on any atom is -0.497 e. The molecule has 2 amide bonds. The second kappa shape index (κ2) is 13.4. The van der Waals surface area contributed by atoms with Crippen molar-refractivity contribution in [3.05, 3.63) is 89.4 Å². The highest BCUT2D eigenvalue weighted by Crippen LogP contribution is 2.27. The fraction of sp³-hybridized carbons (Fsp3) is 0.333. The van der Waals surface area contributed by atoms with E-state index < -0.39 is 5.60 Å². The van der Waals surface area contributed by atoms with Crippen molar-refractivity contribution in [2.75, 3.05) is 47.1 Å². The number of nitrogens with zero attached hydrogens (tertiary/aromatic N) is 2. The summed E-state index contributed by atoms with van der Waals surface area (Å²) in [5.41, 5.74) is -0.0122. The van der Waals surface area contributed by atoms with Crippen LogP contribution in [0.15, 0.2) is 78.9 Å². The molecule has 0 bridgehead atoms. The van der Waals surface area contributed by atoms with Crippen LogP contribution in [0.5, 0.6) is 17.2 Å². The average molecular weight is 553 g/mol. The molecule has 1 saturated heterocycles. The number of rotatable bonds is 11. The molecular weight excluding hydrogens is 520 g/mol. The van der Waals surface area contributed by atoms with Gasteiger partial charge in [0, 0.05) is 31.2 Å². The van der Waals surface area contributed by atoms with Gasteiger partial charge in [0.15, 0.2) is 6.61 Å². The van der Waals surface area contributed by atoms with E-state index in [1.807, 2.05) is 30.3 Å². The number of carbonyl (C=O) groups excluding carboxylic acids is 2. The molecule has 8 nitrogen and oxygen atoms in total. The molecule has 0 saturated carbocycles. The summed E-state index contributed by atoms with van der Waals surface area (Å²) in [4.78, 5) is 29.8. The molecule has 1 aliphatic rings. The number of morpholine rings is 1. The molecule has 206 valence electrons. The number of methoxy groups -OCH3 is 1. The van der Waals surface area contributed by atoms with Gasteiger partial charge >= 0.3 is 0 Å². The molecule has 3 aromatic rings. The van der Waals surface area contributed by atoms with E-state index in [0.29, 0.717) is 35.4 Å². The first kappa shape index (κ1) is 28.3. The van der Waals surface area contributed by atoms with Crippen molar-refractivity contribution in [1.82, 2.24) is 9.80 Å². The van der Waals surface area contributed by atoms with Gasteiger partial charge in [0.1, 0.15) is 29.5 Å². The summed E-state index contributed by atoms with van der Waals surface area (Å²) in [6.07, 6.45) is 0.0461. The van der Waals surface area contributed by atoms with E-state index in [2.05, 4.69) is 0 Å². The molecule has 0 spiro atoms. The zero-order valence-electron chi connectivity index (χ0n) is 22.2. The number of ether oxygens (including phenoxy) is 4. The number of hydrogen-bond acceptors (Lipinski definition) is 6. The molecular formula is C30H33ClN2O6. The number of halogens is 1. The molecule has 1 aliphatic heterocycles. The summed E-state index contributed by atoms with van der Waals surface area (Å²) in [7, 11) is 3.33. The van der Waals surface area contributed by atoms with Gasteiger partial charge in [0.2, 0.25) is 5.91 Å². The molecule has 0 aliphatic carbocycles. The van der Waals surface area contributed by atoms with E-state index in [4.69, 9.17) is 30.5 Å². The molecule has 3 aromatic carbocycles. The Morgan fingerprint density at radius 1 is 0.974 bits per heavy atom. The van der Waals surface area contributed by atoms with E-state index >= 15 is 0 Å². The summed E-state index contributed by atoms with van der Waals surface area (Å²) in [5.74, 6) is 1.45. The van der Waals surface area contributed by atoms with Crippen LogP contribution in [0, 0.1) is 0 Å². The zero-order chi connectivity index (χ0) is 27.7. The minimum atomic E-state index is -1.04. The number of carbonyl (C=O) groups is 2. The standard InChI is InChI=1S/C30H33ClN2O6/c1-32(19-23-7-4-3-5-8-23)28(34)18-30(22-38-25-13-11-24(31)12-14-25)21-33(15-16-39-30)29(35)20-37-27-10-6-9-26(17-27)36-2/h3-14,17H,15-16,18-22H2,1-2H3/t30-/m0/s1. The van der Waals surface area contributed by atoms with E-state index in [1.54, 1.807) is 72.5 Å². The average Bonchev–Trinajstić information content (AvgIpc) is 2.96. The number of hydrogen-bond donors (Lipinski definition) is 0. The molecule has 39 heavy (non-hydrogen) atoms. The Bertz CT molecular complexity index is 1240. The van der Waals surface area contributed by atoms with Gasteiger partial charge < -0.3 is 28.7 Å². The predicted molar refractivity (Wildman–Crippen MR) is 148 cm³/mol. The summed E-state index contributed by atoms with van der Waals surface area (Å²) in [6, 6.07) is 23.8. The maximum atomic E-state index is 13.4. The van der Waals surface area contributed by atoms with Crippen molar-refractivity contribution in [3.63, 3.8) is 0 Å². The Labute approximate surface area is 234 Å². The highest BCUT2D eigenvalue weighted by molar-refractivity contribution is 6.30. The van der Waals surface area contributed by atoms with Crippen molar-refractivity contribution >= 4 is 23.4 Å². The third-order valence-electron chi connectivity index (χ3n) is 6.48. The molecule has 9 heteroatoms. The lowest BCUT2D eigenvalue weighted by Crippen LogP contribution is -2.58. The molecule has 0 unspecified atom stereocenters. The Balaban J connectivity index is 1.45. The SMILES string of the molecule is COc1cccc(OCC(=O)N2CCO[C@@](COc3ccc(Cl)cc3)(CC(=O)N(C)Cc3ccccc3)C2)c1. The highest BCUT2D eigenvalue weighted by Gasteiger charge is 2.42. The fourth-order valence-corrected chi connectivity index (χ4v) is 4.46. The van der Waals surface area contributed by atoms with Crippen molar-refractivity contribution in [3.8, 4) is 17.2 Å². The van der Waals surface area contributed by atoms with Crippen LogP contribution in [0.25, 0.3) is 0 Å². The zero-order valence-corrected chi connectivity index (χ0v) is 22.9. The molecule has 0 radical (unpaired) electrons. The van der Waals surface area contributed by atoms with Crippen LogP contribution in [0.2, 0.25) is 5.02 Å². The second-order valence-corrected chi connectivity index (χ2v) is 9.91. The number of benzene rings is 3. The quantitative estimate of drug-likeness (QED) is 0.350. The predicted octanol–water partition coefficient (Wildman–Crippen LogP) is 4.45. The first-order valence-corrected chi connectivity index (χ1v) is 13.1. The first-order chi connectivity index (χ1) is 18.9. The van der Waals surface area contributed by atoms with Crippen LogP contribution < -0.4 is 14.2 Å². The molecule has 0 aromatic heterocycles. The molecule has 1 fully saturated rings. The maximum Gasteiger partial charge on any atom is 0.260 e. The summed E-state index contributed by atoms with van der Waals surface area (Å²) < 4.78 is 23.2. The van der Waals surface area contributed by atoms with Crippen LogP contribution >= 0.6 is 11.6 Å². The Morgan fingerprint density at radius 3 is 2.46 bits per heavy atom. The van der Waals surface area contributed by atoms with Gasteiger partial charge in [0.05, 0.1) is 26.7 Å². The summed E-state index contributed by atoms with van der Waals surface area (Å²) >= 11 is 6.01. The Kier molecular flexibility index (Phi) is 9.68. The van der Waals surface area contributed by atoms with Crippen LogP contribution in [-0.4, -0.2) is 74.3 Å². The van der Waals surface area contributed by atoms with Gasteiger partial charge in [-0.1, -0.05) is 48.0 Å². The van der Waals surface area contributed by atoms with E-state index in [9.17, 15) is 9.59 Å².